The highest BCUT2D eigenvalue weighted by Crippen LogP contribution is 2.23. The van der Waals surface area contributed by atoms with Gasteiger partial charge in [-0.1, -0.05) is 31.4 Å². The molecule has 4 nitrogen and oxygen atoms in total. The fourth-order valence-electron chi connectivity index (χ4n) is 2.41. The summed E-state index contributed by atoms with van der Waals surface area (Å²) >= 11 is 6.09. The zero-order valence-corrected chi connectivity index (χ0v) is 12.3. The van der Waals surface area contributed by atoms with Crippen molar-refractivity contribution in [3.05, 3.63) is 17.0 Å². The number of hydrogen-bond donors (Lipinski definition) is 0. The van der Waals surface area contributed by atoms with Gasteiger partial charge in [0.05, 0.1) is 5.56 Å². The molecule has 0 saturated carbocycles. The molecule has 0 unspecified atom stereocenters. The minimum atomic E-state index is 0.518. The number of halogens is 1. The van der Waals surface area contributed by atoms with Gasteiger partial charge in [-0.25, -0.2) is 9.97 Å². The Bertz CT molecular complexity index is 394. The van der Waals surface area contributed by atoms with Crippen molar-refractivity contribution < 1.29 is 4.74 Å². The van der Waals surface area contributed by atoms with E-state index in [9.17, 15) is 0 Å². The molecular weight excluding hydrogens is 262 g/mol. The summed E-state index contributed by atoms with van der Waals surface area (Å²) in [5.74, 6) is 0.652. The summed E-state index contributed by atoms with van der Waals surface area (Å²) in [4.78, 5) is 10.7. The molecule has 0 bridgehead atoms. The number of likely N-dealkylation sites (tertiary alicyclic amines) is 1. The molecule has 0 amide bonds. The first kappa shape index (κ1) is 14.5. The molecule has 1 aromatic rings. The van der Waals surface area contributed by atoms with Crippen LogP contribution in [0.4, 0.5) is 0 Å². The van der Waals surface area contributed by atoms with Crippen molar-refractivity contribution in [2.45, 2.75) is 39.0 Å². The van der Waals surface area contributed by atoms with Crippen LogP contribution in [-0.4, -0.2) is 41.1 Å². The van der Waals surface area contributed by atoms with Crippen molar-refractivity contribution in [2.24, 2.45) is 0 Å². The number of ether oxygens (including phenoxy) is 1. The number of rotatable bonds is 6. The van der Waals surface area contributed by atoms with Gasteiger partial charge in [-0.2, -0.15) is 0 Å². The lowest BCUT2D eigenvalue weighted by molar-refractivity contribution is 0.179. The van der Waals surface area contributed by atoms with Crippen molar-refractivity contribution in [2.75, 3.05) is 26.2 Å². The largest absolute Gasteiger partial charge is 0.476 e. The molecule has 0 aliphatic carbocycles. The SMILES string of the molecule is CCCc1c(Cl)ncnc1OCCN1CCCCC1. The topological polar surface area (TPSA) is 38.3 Å². The Morgan fingerprint density at radius 1 is 1.26 bits per heavy atom. The Hall–Kier alpha value is -0.870. The average molecular weight is 284 g/mol. The van der Waals surface area contributed by atoms with Crippen LogP contribution < -0.4 is 4.74 Å². The van der Waals surface area contributed by atoms with E-state index in [-0.39, 0.29) is 0 Å². The molecule has 1 fully saturated rings. The molecular formula is C14H22ClN3O. The molecule has 1 aliphatic rings. The predicted molar refractivity (Wildman–Crippen MR) is 76.8 cm³/mol. The van der Waals surface area contributed by atoms with Crippen molar-refractivity contribution >= 4 is 11.6 Å². The third kappa shape index (κ3) is 4.32. The van der Waals surface area contributed by atoms with E-state index in [2.05, 4.69) is 21.8 Å². The van der Waals surface area contributed by atoms with Crippen LogP contribution in [0, 0.1) is 0 Å². The van der Waals surface area contributed by atoms with Gasteiger partial charge < -0.3 is 4.74 Å². The van der Waals surface area contributed by atoms with Crippen LogP contribution in [0.15, 0.2) is 6.33 Å². The minimum Gasteiger partial charge on any atom is -0.476 e. The van der Waals surface area contributed by atoms with E-state index in [1.54, 1.807) is 0 Å². The number of piperidine rings is 1. The van der Waals surface area contributed by atoms with E-state index in [0.29, 0.717) is 17.6 Å². The summed E-state index contributed by atoms with van der Waals surface area (Å²) in [6, 6.07) is 0. The highest BCUT2D eigenvalue weighted by Gasteiger charge is 2.12. The first-order chi connectivity index (χ1) is 9.31. The smallest absolute Gasteiger partial charge is 0.221 e. The minimum absolute atomic E-state index is 0.518. The third-order valence-corrected chi connectivity index (χ3v) is 3.77. The van der Waals surface area contributed by atoms with E-state index < -0.39 is 0 Å². The Morgan fingerprint density at radius 3 is 2.79 bits per heavy atom. The van der Waals surface area contributed by atoms with Gasteiger partial charge >= 0.3 is 0 Å². The highest BCUT2D eigenvalue weighted by atomic mass is 35.5. The molecule has 1 saturated heterocycles. The molecule has 2 rings (SSSR count). The van der Waals surface area contributed by atoms with Gasteiger partial charge in [0.25, 0.3) is 0 Å². The number of aromatic nitrogens is 2. The summed E-state index contributed by atoms with van der Waals surface area (Å²) in [5, 5.41) is 0.518. The van der Waals surface area contributed by atoms with Gasteiger partial charge in [-0.15, -0.1) is 0 Å². The van der Waals surface area contributed by atoms with Crippen molar-refractivity contribution in [1.29, 1.82) is 0 Å². The Kier molecular flexibility index (Phi) is 5.86. The summed E-state index contributed by atoms with van der Waals surface area (Å²) in [5.41, 5.74) is 0.935. The standard InChI is InChI=1S/C14H22ClN3O/c1-2-6-12-13(15)16-11-17-14(12)19-10-9-18-7-4-3-5-8-18/h11H,2-10H2,1H3. The quantitative estimate of drug-likeness (QED) is 0.753. The molecule has 5 heteroatoms. The lowest BCUT2D eigenvalue weighted by Crippen LogP contribution is -2.33. The Morgan fingerprint density at radius 2 is 2.05 bits per heavy atom. The maximum absolute atomic E-state index is 6.09. The molecule has 19 heavy (non-hydrogen) atoms. The van der Waals surface area contributed by atoms with Crippen LogP contribution in [0.5, 0.6) is 5.88 Å². The molecule has 0 N–H and O–H groups in total. The van der Waals surface area contributed by atoms with Gasteiger partial charge in [-0.3, -0.25) is 4.90 Å². The van der Waals surface area contributed by atoms with E-state index >= 15 is 0 Å². The molecule has 0 spiro atoms. The summed E-state index contributed by atoms with van der Waals surface area (Å²) in [6.07, 6.45) is 7.31. The molecule has 0 atom stereocenters. The van der Waals surface area contributed by atoms with Crippen LogP contribution in [0.2, 0.25) is 5.15 Å². The van der Waals surface area contributed by atoms with Crippen LogP contribution in [0.1, 0.15) is 38.2 Å². The van der Waals surface area contributed by atoms with E-state index in [1.165, 1.54) is 38.7 Å². The fraction of sp³-hybridized carbons (Fsp3) is 0.714. The van der Waals surface area contributed by atoms with E-state index in [4.69, 9.17) is 16.3 Å². The zero-order valence-electron chi connectivity index (χ0n) is 11.6. The monoisotopic (exact) mass is 283 g/mol. The maximum atomic E-state index is 6.09. The summed E-state index contributed by atoms with van der Waals surface area (Å²) in [6.45, 7) is 6.13. The van der Waals surface area contributed by atoms with Crippen LogP contribution >= 0.6 is 11.6 Å². The van der Waals surface area contributed by atoms with E-state index in [0.717, 1.165) is 24.9 Å². The van der Waals surface area contributed by atoms with Crippen LogP contribution in [0.25, 0.3) is 0 Å². The van der Waals surface area contributed by atoms with Crippen molar-refractivity contribution in [1.82, 2.24) is 14.9 Å². The lowest BCUT2D eigenvalue weighted by Gasteiger charge is -2.26. The first-order valence-electron chi connectivity index (χ1n) is 7.15. The Balaban J connectivity index is 1.86. The third-order valence-electron chi connectivity index (χ3n) is 3.45. The van der Waals surface area contributed by atoms with Crippen molar-refractivity contribution in [3.63, 3.8) is 0 Å². The first-order valence-corrected chi connectivity index (χ1v) is 7.53. The van der Waals surface area contributed by atoms with E-state index in [1.807, 2.05) is 0 Å². The normalized spacial score (nSPS) is 16.5. The maximum Gasteiger partial charge on any atom is 0.221 e. The fourth-order valence-corrected chi connectivity index (χ4v) is 2.63. The molecule has 2 heterocycles. The average Bonchev–Trinajstić information content (AvgIpc) is 2.44. The van der Waals surface area contributed by atoms with Crippen LogP contribution in [0.3, 0.4) is 0 Å². The second kappa shape index (κ2) is 7.65. The predicted octanol–water partition coefficient (Wildman–Crippen LogP) is 2.95. The second-order valence-corrected chi connectivity index (χ2v) is 5.31. The van der Waals surface area contributed by atoms with Crippen molar-refractivity contribution in [3.8, 4) is 5.88 Å². The van der Waals surface area contributed by atoms with Gasteiger partial charge in [0, 0.05) is 6.54 Å². The molecule has 0 radical (unpaired) electrons. The van der Waals surface area contributed by atoms with Gasteiger partial charge in [0.2, 0.25) is 5.88 Å². The molecule has 106 valence electrons. The molecule has 1 aromatic heterocycles. The zero-order chi connectivity index (χ0) is 13.5. The lowest BCUT2D eigenvalue weighted by atomic mass is 10.1. The van der Waals surface area contributed by atoms with Gasteiger partial charge in [-0.05, 0) is 32.4 Å². The van der Waals surface area contributed by atoms with Gasteiger partial charge in [0.15, 0.2) is 0 Å². The second-order valence-electron chi connectivity index (χ2n) is 4.95. The summed E-state index contributed by atoms with van der Waals surface area (Å²) < 4.78 is 5.80. The van der Waals surface area contributed by atoms with Gasteiger partial charge in [0.1, 0.15) is 18.1 Å². The Labute approximate surface area is 120 Å². The number of hydrogen-bond acceptors (Lipinski definition) is 4. The molecule has 0 aromatic carbocycles. The number of nitrogens with zero attached hydrogens (tertiary/aromatic N) is 3. The highest BCUT2D eigenvalue weighted by molar-refractivity contribution is 6.30. The van der Waals surface area contributed by atoms with Crippen LogP contribution in [-0.2, 0) is 6.42 Å². The molecule has 1 aliphatic heterocycles. The summed E-state index contributed by atoms with van der Waals surface area (Å²) in [7, 11) is 0.